The van der Waals surface area contributed by atoms with Gasteiger partial charge in [0, 0.05) is 11.6 Å². The number of benzene rings is 2. The van der Waals surface area contributed by atoms with Crippen molar-refractivity contribution < 1.29 is 54.7 Å². The molecule has 9 unspecified atom stereocenters. The molecule has 2 aliphatic rings. The summed E-state index contributed by atoms with van der Waals surface area (Å²) in [7, 11) is 0. The van der Waals surface area contributed by atoms with E-state index >= 15 is 0 Å². The van der Waals surface area contributed by atoms with Gasteiger partial charge in [-0.05, 0) is 47.5 Å². The average Bonchev–Trinajstić information content (AvgIpc) is 2.90. The Morgan fingerprint density at radius 2 is 1.50 bits per heavy atom. The van der Waals surface area contributed by atoms with Crippen LogP contribution in [0.1, 0.15) is 23.3 Å². The van der Waals surface area contributed by atoms with Gasteiger partial charge in [-0.25, -0.2) is 0 Å². The number of aliphatic hydroxyl groups excluding tert-OH is 7. The molecule has 5 rings (SSSR count). The highest BCUT2D eigenvalue weighted by molar-refractivity contribution is 5.83. The third-order valence-corrected chi connectivity index (χ3v) is 7.06. The van der Waals surface area contributed by atoms with Crippen LogP contribution in [0.15, 0.2) is 51.7 Å². The van der Waals surface area contributed by atoms with E-state index in [0.29, 0.717) is 5.56 Å². The molecule has 9 atom stereocenters. The molecule has 2 saturated heterocycles. The molecule has 2 aliphatic heterocycles. The van der Waals surface area contributed by atoms with Gasteiger partial charge in [0.15, 0.2) is 5.43 Å². The molecule has 1 aromatic heterocycles. The number of rotatable bonds is 4. The molecule has 2 fully saturated rings. The SMILES string of the molecule is O=c1cc(-c2ccc(O)cc2)oc2cc(C3OCC(O)C(O)C3O)cc(C3OC(CO)C(O)C(O)C3O)c12. The fraction of sp³-hybridized carbons (Fsp3) is 0.423. The lowest BCUT2D eigenvalue weighted by atomic mass is 9.86. The quantitative estimate of drug-likeness (QED) is 0.200. The molecular weight excluding hydrogens is 504 g/mol. The van der Waals surface area contributed by atoms with Crippen LogP contribution in [0.2, 0.25) is 0 Å². The van der Waals surface area contributed by atoms with Gasteiger partial charge in [0.1, 0.15) is 72.0 Å². The first-order chi connectivity index (χ1) is 18.1. The molecule has 0 radical (unpaired) electrons. The van der Waals surface area contributed by atoms with Gasteiger partial charge in [0.25, 0.3) is 0 Å². The Hall–Kier alpha value is -2.91. The van der Waals surface area contributed by atoms with Gasteiger partial charge in [-0.15, -0.1) is 0 Å². The zero-order valence-electron chi connectivity index (χ0n) is 19.9. The van der Waals surface area contributed by atoms with E-state index in [-0.39, 0.29) is 40.2 Å². The van der Waals surface area contributed by atoms with E-state index in [2.05, 4.69) is 0 Å². The third kappa shape index (κ3) is 4.60. The van der Waals surface area contributed by atoms with Crippen molar-refractivity contribution in [3.8, 4) is 17.1 Å². The Labute approximate surface area is 215 Å². The van der Waals surface area contributed by atoms with Crippen molar-refractivity contribution in [2.45, 2.75) is 54.9 Å². The maximum absolute atomic E-state index is 13.4. The van der Waals surface area contributed by atoms with E-state index in [0.717, 1.165) is 0 Å². The van der Waals surface area contributed by atoms with Crippen molar-refractivity contribution in [2.24, 2.45) is 0 Å². The van der Waals surface area contributed by atoms with Gasteiger partial charge in [0.2, 0.25) is 0 Å². The number of fused-ring (bicyclic) bond motifs is 1. The molecule has 12 heteroatoms. The Morgan fingerprint density at radius 1 is 0.816 bits per heavy atom. The number of hydrogen-bond donors (Lipinski definition) is 8. The van der Waals surface area contributed by atoms with Crippen molar-refractivity contribution in [3.63, 3.8) is 0 Å². The normalized spacial score (nSPS) is 33.9. The fourth-order valence-corrected chi connectivity index (χ4v) is 4.96. The van der Waals surface area contributed by atoms with Gasteiger partial charge in [-0.3, -0.25) is 4.79 Å². The van der Waals surface area contributed by atoms with Crippen molar-refractivity contribution in [3.05, 3.63) is 63.8 Å². The minimum Gasteiger partial charge on any atom is -0.508 e. The molecule has 0 aliphatic carbocycles. The molecule has 204 valence electrons. The summed E-state index contributed by atoms with van der Waals surface area (Å²) >= 11 is 0. The lowest BCUT2D eigenvalue weighted by Gasteiger charge is -2.41. The average molecular weight is 532 g/mol. The van der Waals surface area contributed by atoms with Crippen LogP contribution in [0.3, 0.4) is 0 Å². The number of hydrogen-bond acceptors (Lipinski definition) is 12. The Kier molecular flexibility index (Phi) is 7.26. The van der Waals surface area contributed by atoms with Crippen molar-refractivity contribution in [2.75, 3.05) is 13.2 Å². The highest BCUT2D eigenvalue weighted by Crippen LogP contribution is 2.39. The predicted octanol–water partition coefficient (Wildman–Crippen LogP) is -1.17. The highest BCUT2D eigenvalue weighted by atomic mass is 16.5. The number of aromatic hydroxyl groups is 1. The Bertz CT molecular complexity index is 1350. The van der Waals surface area contributed by atoms with Crippen molar-refractivity contribution in [1.29, 1.82) is 0 Å². The third-order valence-electron chi connectivity index (χ3n) is 7.06. The second kappa shape index (κ2) is 10.3. The van der Waals surface area contributed by atoms with Gasteiger partial charge < -0.3 is 54.7 Å². The summed E-state index contributed by atoms with van der Waals surface area (Å²) < 4.78 is 17.3. The minimum absolute atomic E-state index is 0.00764. The summed E-state index contributed by atoms with van der Waals surface area (Å²) in [6.45, 7) is -0.985. The van der Waals surface area contributed by atoms with E-state index in [1.54, 1.807) is 0 Å². The molecule has 3 heterocycles. The number of aliphatic hydroxyl groups is 7. The summed E-state index contributed by atoms with van der Waals surface area (Å²) in [5.74, 6) is 0.147. The molecule has 3 aromatic rings. The predicted molar refractivity (Wildman–Crippen MR) is 129 cm³/mol. The summed E-state index contributed by atoms with van der Waals surface area (Å²) in [6.07, 6.45) is -13.3. The van der Waals surface area contributed by atoms with Crippen molar-refractivity contribution >= 4 is 11.0 Å². The lowest BCUT2D eigenvalue weighted by molar-refractivity contribution is -0.231. The number of phenols is 1. The highest BCUT2D eigenvalue weighted by Gasteiger charge is 2.45. The van der Waals surface area contributed by atoms with Crippen LogP contribution >= 0.6 is 0 Å². The summed E-state index contributed by atoms with van der Waals surface area (Å²) in [5.41, 5.74) is 0.134. The molecule has 0 saturated carbocycles. The second-order valence-electron chi connectivity index (χ2n) is 9.56. The molecule has 0 spiro atoms. The topological polar surface area (TPSA) is 211 Å². The first kappa shape index (κ1) is 26.7. The van der Waals surface area contributed by atoms with Crippen molar-refractivity contribution in [1.82, 2.24) is 0 Å². The van der Waals surface area contributed by atoms with E-state index in [1.165, 1.54) is 42.5 Å². The monoisotopic (exact) mass is 532 g/mol. The minimum atomic E-state index is -1.72. The molecule has 0 bridgehead atoms. The van der Waals surface area contributed by atoms with Crippen LogP contribution in [-0.2, 0) is 9.47 Å². The summed E-state index contributed by atoms with van der Waals surface area (Å²) in [5, 5.41) is 81.3. The smallest absolute Gasteiger partial charge is 0.193 e. The van der Waals surface area contributed by atoms with Gasteiger partial charge in [0.05, 0.1) is 18.6 Å². The molecule has 0 amide bonds. The van der Waals surface area contributed by atoms with Crippen LogP contribution in [0.4, 0.5) is 0 Å². The van der Waals surface area contributed by atoms with Crippen LogP contribution in [0.25, 0.3) is 22.3 Å². The van der Waals surface area contributed by atoms with Crippen LogP contribution in [-0.4, -0.2) is 96.8 Å². The molecule has 12 nitrogen and oxygen atoms in total. The standard InChI is InChI=1S/C26H28O12/c27-8-18-21(32)22(33)24(35)26(38-18)13-5-11(25-23(34)20(31)15(30)9-36-25)6-17-19(13)14(29)7-16(37-17)10-1-3-12(28)4-2-10/h1-7,15,18,20-28,30-35H,8-9H2. The largest absolute Gasteiger partial charge is 0.508 e. The summed E-state index contributed by atoms with van der Waals surface area (Å²) in [6, 6.07) is 9.88. The molecule has 2 aromatic carbocycles. The van der Waals surface area contributed by atoms with E-state index in [4.69, 9.17) is 13.9 Å². The first-order valence-corrected chi connectivity index (χ1v) is 12.0. The van der Waals surface area contributed by atoms with Gasteiger partial charge in [-0.2, -0.15) is 0 Å². The molecule has 8 N–H and O–H groups in total. The molecular formula is C26H28O12. The maximum atomic E-state index is 13.4. The zero-order chi connectivity index (χ0) is 27.3. The van der Waals surface area contributed by atoms with Gasteiger partial charge >= 0.3 is 0 Å². The van der Waals surface area contributed by atoms with Crippen LogP contribution in [0, 0.1) is 0 Å². The van der Waals surface area contributed by atoms with Gasteiger partial charge in [-0.1, -0.05) is 0 Å². The fourth-order valence-electron chi connectivity index (χ4n) is 4.96. The van der Waals surface area contributed by atoms with Crippen LogP contribution in [0.5, 0.6) is 5.75 Å². The van der Waals surface area contributed by atoms with E-state index < -0.39 is 67.0 Å². The first-order valence-electron chi connectivity index (χ1n) is 12.0. The van der Waals surface area contributed by atoms with E-state index in [1.807, 2.05) is 0 Å². The Morgan fingerprint density at radius 3 is 2.18 bits per heavy atom. The summed E-state index contributed by atoms with van der Waals surface area (Å²) in [4.78, 5) is 13.4. The van der Waals surface area contributed by atoms with Crippen LogP contribution < -0.4 is 5.43 Å². The van der Waals surface area contributed by atoms with E-state index in [9.17, 15) is 45.6 Å². The Balaban J connectivity index is 1.71. The number of phenolic OH excluding ortho intramolecular Hbond substituents is 1. The number of ether oxygens (including phenoxy) is 2. The molecule has 38 heavy (non-hydrogen) atoms. The second-order valence-corrected chi connectivity index (χ2v) is 9.56. The maximum Gasteiger partial charge on any atom is 0.193 e. The lowest BCUT2D eigenvalue weighted by Crippen LogP contribution is -2.55. The zero-order valence-corrected chi connectivity index (χ0v) is 19.9.